The molecule has 0 spiro atoms. The number of amides is 1. The Labute approximate surface area is 139 Å². The van der Waals surface area contributed by atoms with Crippen LogP contribution in [0.25, 0.3) is 0 Å². The summed E-state index contributed by atoms with van der Waals surface area (Å²) in [5, 5.41) is 3.62. The minimum absolute atomic E-state index is 0.173. The van der Waals surface area contributed by atoms with E-state index in [4.69, 9.17) is 9.47 Å². The molecule has 0 saturated carbocycles. The van der Waals surface area contributed by atoms with Crippen LogP contribution in [0.5, 0.6) is 11.5 Å². The summed E-state index contributed by atoms with van der Waals surface area (Å²) in [6.07, 6.45) is 0.995. The maximum atomic E-state index is 11.5. The van der Waals surface area contributed by atoms with E-state index in [1.807, 2.05) is 24.0 Å². The van der Waals surface area contributed by atoms with Crippen molar-refractivity contribution < 1.29 is 14.3 Å². The molecular formula is C18H28N2O3. The Balaban J connectivity index is 1.92. The van der Waals surface area contributed by atoms with Gasteiger partial charge in [0.2, 0.25) is 5.91 Å². The van der Waals surface area contributed by atoms with Crippen molar-refractivity contribution in [3.8, 4) is 11.5 Å². The highest BCUT2D eigenvalue weighted by Gasteiger charge is 2.26. The zero-order valence-corrected chi connectivity index (χ0v) is 14.6. The van der Waals surface area contributed by atoms with E-state index >= 15 is 0 Å². The summed E-state index contributed by atoms with van der Waals surface area (Å²) in [7, 11) is 1.66. The van der Waals surface area contributed by atoms with Gasteiger partial charge >= 0.3 is 0 Å². The summed E-state index contributed by atoms with van der Waals surface area (Å²) in [6.45, 7) is 8.89. The number of carbonyl (C=O) groups is 1. The third-order valence-corrected chi connectivity index (χ3v) is 4.45. The van der Waals surface area contributed by atoms with E-state index in [0.29, 0.717) is 18.6 Å². The third-order valence-electron chi connectivity index (χ3n) is 4.45. The predicted molar refractivity (Wildman–Crippen MR) is 90.8 cm³/mol. The predicted octanol–water partition coefficient (Wildman–Crippen LogP) is 2.44. The second-order valence-corrected chi connectivity index (χ2v) is 6.14. The van der Waals surface area contributed by atoms with Gasteiger partial charge in [-0.25, -0.2) is 0 Å². The van der Waals surface area contributed by atoms with E-state index in [1.165, 1.54) is 5.56 Å². The minimum atomic E-state index is 0.173. The third kappa shape index (κ3) is 4.61. The molecule has 1 N–H and O–H groups in total. The lowest BCUT2D eigenvalue weighted by molar-refractivity contribution is -0.130. The molecule has 0 aromatic heterocycles. The maximum Gasteiger partial charge on any atom is 0.219 e. The van der Waals surface area contributed by atoms with Gasteiger partial charge in [0.1, 0.15) is 0 Å². The molecule has 0 bridgehead atoms. The Morgan fingerprint density at radius 2 is 2.17 bits per heavy atom. The molecule has 1 aliphatic rings. The Bertz CT molecular complexity index is 533. The highest BCUT2D eigenvalue weighted by molar-refractivity contribution is 5.73. The summed E-state index contributed by atoms with van der Waals surface area (Å²) >= 11 is 0. The molecular weight excluding hydrogens is 292 g/mol. The number of benzene rings is 1. The maximum absolute atomic E-state index is 11.5. The molecule has 1 amide bonds. The van der Waals surface area contributed by atoms with Crippen LogP contribution in [0, 0.1) is 5.92 Å². The molecule has 1 aromatic rings. The number of piperidine rings is 1. The number of methoxy groups -OCH3 is 1. The van der Waals surface area contributed by atoms with Crippen molar-refractivity contribution in [2.45, 2.75) is 39.8 Å². The number of ether oxygens (including phenoxy) is 2. The molecule has 1 saturated heterocycles. The number of likely N-dealkylation sites (tertiary alicyclic amines) is 1. The molecule has 5 nitrogen and oxygen atoms in total. The van der Waals surface area contributed by atoms with Crippen LogP contribution >= 0.6 is 0 Å². The van der Waals surface area contributed by atoms with Gasteiger partial charge in [0, 0.05) is 32.6 Å². The van der Waals surface area contributed by atoms with Crippen LogP contribution in [0.15, 0.2) is 18.2 Å². The van der Waals surface area contributed by atoms with Crippen molar-refractivity contribution >= 4 is 5.91 Å². The average Bonchev–Trinajstić information content (AvgIpc) is 2.54. The number of hydrogen-bond donors (Lipinski definition) is 1. The fourth-order valence-electron chi connectivity index (χ4n) is 3.08. The topological polar surface area (TPSA) is 50.8 Å². The monoisotopic (exact) mass is 320 g/mol. The van der Waals surface area contributed by atoms with Gasteiger partial charge in [0.25, 0.3) is 0 Å². The first kappa shape index (κ1) is 17.6. The van der Waals surface area contributed by atoms with E-state index in [9.17, 15) is 4.79 Å². The van der Waals surface area contributed by atoms with Gasteiger partial charge in [-0.1, -0.05) is 13.0 Å². The van der Waals surface area contributed by atoms with Gasteiger partial charge in [-0.15, -0.1) is 0 Å². The molecule has 128 valence electrons. The summed E-state index contributed by atoms with van der Waals surface area (Å²) < 4.78 is 10.9. The number of nitrogens with one attached hydrogen (secondary N) is 1. The van der Waals surface area contributed by atoms with E-state index in [2.05, 4.69) is 18.3 Å². The lowest BCUT2D eigenvalue weighted by Crippen LogP contribution is -2.49. The Kier molecular flexibility index (Phi) is 6.28. The van der Waals surface area contributed by atoms with Gasteiger partial charge < -0.3 is 19.7 Å². The first-order valence-corrected chi connectivity index (χ1v) is 8.33. The fourth-order valence-corrected chi connectivity index (χ4v) is 3.08. The van der Waals surface area contributed by atoms with Crippen molar-refractivity contribution in [1.29, 1.82) is 0 Å². The zero-order chi connectivity index (χ0) is 16.8. The quantitative estimate of drug-likeness (QED) is 0.875. The van der Waals surface area contributed by atoms with Crippen molar-refractivity contribution in [2.24, 2.45) is 5.92 Å². The van der Waals surface area contributed by atoms with Crippen molar-refractivity contribution in [1.82, 2.24) is 10.2 Å². The minimum Gasteiger partial charge on any atom is -0.493 e. The molecule has 2 atom stereocenters. The van der Waals surface area contributed by atoms with E-state index in [0.717, 1.165) is 37.6 Å². The summed E-state index contributed by atoms with van der Waals surface area (Å²) in [5.41, 5.74) is 1.17. The summed E-state index contributed by atoms with van der Waals surface area (Å²) in [5.74, 6) is 2.18. The van der Waals surface area contributed by atoms with Gasteiger partial charge in [-0.2, -0.15) is 0 Å². The standard InChI is InChI=1S/C18H28N2O3/c1-5-23-17-7-6-15(10-18(17)22-4)11-19-16-8-9-20(14(3)21)12-13(16)2/h6-7,10,13,16,19H,5,8-9,11-12H2,1-4H3/t13-,16+/m0/s1. The molecule has 23 heavy (non-hydrogen) atoms. The highest BCUT2D eigenvalue weighted by Crippen LogP contribution is 2.28. The van der Waals surface area contributed by atoms with Crippen LogP contribution in [-0.4, -0.2) is 43.7 Å². The van der Waals surface area contributed by atoms with Crippen LogP contribution in [0.3, 0.4) is 0 Å². The first-order valence-electron chi connectivity index (χ1n) is 8.33. The largest absolute Gasteiger partial charge is 0.493 e. The molecule has 1 fully saturated rings. The first-order chi connectivity index (χ1) is 11.0. The summed E-state index contributed by atoms with van der Waals surface area (Å²) in [6, 6.07) is 6.48. The Hall–Kier alpha value is -1.75. The number of hydrogen-bond acceptors (Lipinski definition) is 4. The highest BCUT2D eigenvalue weighted by atomic mass is 16.5. The Morgan fingerprint density at radius 1 is 1.39 bits per heavy atom. The molecule has 0 aliphatic carbocycles. The fraction of sp³-hybridized carbons (Fsp3) is 0.611. The van der Waals surface area contributed by atoms with Crippen LogP contribution in [0.1, 0.15) is 32.8 Å². The molecule has 5 heteroatoms. The lowest BCUT2D eigenvalue weighted by atomic mass is 9.93. The van der Waals surface area contributed by atoms with Crippen molar-refractivity contribution in [2.75, 3.05) is 26.8 Å². The number of carbonyl (C=O) groups excluding carboxylic acids is 1. The van der Waals surface area contributed by atoms with Crippen molar-refractivity contribution in [3.05, 3.63) is 23.8 Å². The smallest absolute Gasteiger partial charge is 0.219 e. The van der Waals surface area contributed by atoms with E-state index in [1.54, 1.807) is 14.0 Å². The van der Waals surface area contributed by atoms with E-state index in [-0.39, 0.29) is 5.91 Å². The zero-order valence-electron chi connectivity index (χ0n) is 14.6. The molecule has 0 unspecified atom stereocenters. The van der Waals surface area contributed by atoms with Crippen LogP contribution in [-0.2, 0) is 11.3 Å². The average molecular weight is 320 g/mol. The molecule has 2 rings (SSSR count). The summed E-state index contributed by atoms with van der Waals surface area (Å²) in [4.78, 5) is 13.4. The number of rotatable bonds is 6. The van der Waals surface area contributed by atoms with Gasteiger partial charge in [-0.3, -0.25) is 4.79 Å². The van der Waals surface area contributed by atoms with Crippen molar-refractivity contribution in [3.63, 3.8) is 0 Å². The molecule has 1 heterocycles. The second kappa shape index (κ2) is 8.20. The molecule has 1 aromatic carbocycles. The SMILES string of the molecule is CCOc1ccc(CN[C@@H]2CCN(C(C)=O)C[C@@H]2C)cc1OC. The van der Waals surface area contributed by atoms with Gasteiger partial charge in [0.15, 0.2) is 11.5 Å². The second-order valence-electron chi connectivity index (χ2n) is 6.14. The van der Waals surface area contributed by atoms with Gasteiger partial charge in [-0.05, 0) is 37.0 Å². The van der Waals surface area contributed by atoms with Crippen LogP contribution in [0.4, 0.5) is 0 Å². The van der Waals surface area contributed by atoms with Crippen LogP contribution in [0.2, 0.25) is 0 Å². The number of nitrogens with zero attached hydrogens (tertiary/aromatic N) is 1. The molecule has 0 radical (unpaired) electrons. The van der Waals surface area contributed by atoms with E-state index < -0.39 is 0 Å². The molecule has 1 aliphatic heterocycles. The lowest BCUT2D eigenvalue weighted by Gasteiger charge is -2.37. The normalized spacial score (nSPS) is 21.1. The Morgan fingerprint density at radius 3 is 2.78 bits per heavy atom. The van der Waals surface area contributed by atoms with Gasteiger partial charge in [0.05, 0.1) is 13.7 Å². The van der Waals surface area contributed by atoms with Crippen LogP contribution < -0.4 is 14.8 Å².